The SMILES string of the molecule is COc1ccc(F)c2nc(Cl)c(C(C)(C)C)cc12. The normalized spacial score (nSPS) is 11.9. The van der Waals surface area contributed by atoms with Crippen LogP contribution in [0.2, 0.25) is 5.15 Å². The van der Waals surface area contributed by atoms with Gasteiger partial charge in [0.25, 0.3) is 0 Å². The number of hydrogen-bond acceptors (Lipinski definition) is 2. The second kappa shape index (κ2) is 4.39. The van der Waals surface area contributed by atoms with Gasteiger partial charge in [-0.15, -0.1) is 0 Å². The smallest absolute Gasteiger partial charge is 0.149 e. The molecule has 2 aromatic rings. The molecule has 96 valence electrons. The van der Waals surface area contributed by atoms with Gasteiger partial charge in [0.2, 0.25) is 0 Å². The minimum Gasteiger partial charge on any atom is -0.496 e. The van der Waals surface area contributed by atoms with Crippen LogP contribution < -0.4 is 4.74 Å². The lowest BCUT2D eigenvalue weighted by Gasteiger charge is -2.21. The second-order valence-corrected chi connectivity index (χ2v) is 5.58. The van der Waals surface area contributed by atoms with Gasteiger partial charge in [0.05, 0.1) is 7.11 Å². The number of fused-ring (bicyclic) bond motifs is 1. The Labute approximate surface area is 111 Å². The number of methoxy groups -OCH3 is 1. The van der Waals surface area contributed by atoms with Gasteiger partial charge in [-0.3, -0.25) is 0 Å². The highest BCUT2D eigenvalue weighted by Gasteiger charge is 2.21. The molecule has 1 aromatic carbocycles. The maximum atomic E-state index is 13.7. The van der Waals surface area contributed by atoms with Crippen LogP contribution in [0.5, 0.6) is 5.75 Å². The monoisotopic (exact) mass is 267 g/mol. The van der Waals surface area contributed by atoms with Gasteiger partial charge in [-0.1, -0.05) is 32.4 Å². The summed E-state index contributed by atoms with van der Waals surface area (Å²) >= 11 is 6.14. The Morgan fingerprint density at radius 2 is 1.94 bits per heavy atom. The van der Waals surface area contributed by atoms with Crippen molar-refractivity contribution >= 4 is 22.5 Å². The predicted octanol–water partition coefficient (Wildman–Crippen LogP) is 4.33. The molecule has 1 heterocycles. The van der Waals surface area contributed by atoms with E-state index in [-0.39, 0.29) is 10.9 Å². The fourth-order valence-electron chi connectivity index (χ4n) is 1.88. The van der Waals surface area contributed by atoms with Crippen molar-refractivity contribution in [2.24, 2.45) is 0 Å². The summed E-state index contributed by atoms with van der Waals surface area (Å²) in [7, 11) is 1.55. The Balaban J connectivity index is 2.84. The van der Waals surface area contributed by atoms with Gasteiger partial charge >= 0.3 is 0 Å². The summed E-state index contributed by atoms with van der Waals surface area (Å²) in [6.45, 7) is 6.11. The van der Waals surface area contributed by atoms with Crippen LogP contribution in [0.15, 0.2) is 18.2 Å². The van der Waals surface area contributed by atoms with E-state index >= 15 is 0 Å². The highest BCUT2D eigenvalue weighted by Crippen LogP contribution is 2.35. The quantitative estimate of drug-likeness (QED) is 0.718. The molecule has 2 rings (SSSR count). The van der Waals surface area contributed by atoms with Crippen LogP contribution in [0.4, 0.5) is 4.39 Å². The molecule has 0 N–H and O–H groups in total. The van der Waals surface area contributed by atoms with Gasteiger partial charge < -0.3 is 4.74 Å². The summed E-state index contributed by atoms with van der Waals surface area (Å²) in [5.41, 5.74) is 0.961. The third kappa shape index (κ3) is 2.15. The van der Waals surface area contributed by atoms with E-state index < -0.39 is 5.82 Å². The highest BCUT2D eigenvalue weighted by atomic mass is 35.5. The van der Waals surface area contributed by atoms with Gasteiger partial charge in [0, 0.05) is 5.39 Å². The number of aromatic nitrogens is 1. The third-order valence-corrected chi connectivity index (χ3v) is 3.16. The van der Waals surface area contributed by atoms with Gasteiger partial charge in [-0.2, -0.15) is 0 Å². The van der Waals surface area contributed by atoms with E-state index in [2.05, 4.69) is 4.98 Å². The number of hydrogen-bond donors (Lipinski definition) is 0. The van der Waals surface area contributed by atoms with Crippen molar-refractivity contribution in [2.75, 3.05) is 7.11 Å². The number of pyridine rings is 1. The van der Waals surface area contributed by atoms with Crippen LogP contribution in [0.1, 0.15) is 26.3 Å². The fraction of sp³-hybridized carbons (Fsp3) is 0.357. The van der Waals surface area contributed by atoms with Crippen molar-refractivity contribution in [1.82, 2.24) is 4.98 Å². The maximum absolute atomic E-state index is 13.7. The van der Waals surface area contributed by atoms with Crippen molar-refractivity contribution < 1.29 is 9.13 Å². The standard InChI is InChI=1S/C14H15ClFNO/c1-14(2,3)9-7-8-11(18-4)6-5-10(16)12(8)17-13(9)15/h5-7H,1-4H3. The van der Waals surface area contributed by atoms with E-state index in [4.69, 9.17) is 16.3 Å². The molecule has 0 saturated heterocycles. The summed E-state index contributed by atoms with van der Waals surface area (Å²) in [5, 5.41) is 0.981. The summed E-state index contributed by atoms with van der Waals surface area (Å²) in [4.78, 5) is 4.16. The first kappa shape index (κ1) is 13.1. The summed E-state index contributed by atoms with van der Waals surface area (Å²) in [5.74, 6) is 0.203. The molecule has 0 saturated carbocycles. The molecule has 0 radical (unpaired) electrons. The van der Waals surface area contributed by atoms with Crippen LogP contribution in [0.3, 0.4) is 0 Å². The molecular weight excluding hydrogens is 253 g/mol. The van der Waals surface area contributed by atoms with Gasteiger partial charge in [0.1, 0.15) is 22.2 Å². The molecular formula is C14H15ClFNO. The second-order valence-electron chi connectivity index (χ2n) is 5.22. The maximum Gasteiger partial charge on any atom is 0.149 e. The predicted molar refractivity (Wildman–Crippen MR) is 72.0 cm³/mol. The van der Waals surface area contributed by atoms with E-state index in [0.29, 0.717) is 16.3 Å². The lowest BCUT2D eigenvalue weighted by molar-refractivity contribution is 0.419. The Morgan fingerprint density at radius 3 is 2.50 bits per heavy atom. The first-order valence-electron chi connectivity index (χ1n) is 5.68. The minimum atomic E-state index is -0.395. The molecule has 4 heteroatoms. The minimum absolute atomic E-state index is 0.157. The number of rotatable bonds is 1. The largest absolute Gasteiger partial charge is 0.496 e. The van der Waals surface area contributed by atoms with E-state index in [9.17, 15) is 4.39 Å². The molecule has 2 nitrogen and oxygen atoms in total. The molecule has 0 spiro atoms. The van der Waals surface area contributed by atoms with Crippen LogP contribution >= 0.6 is 11.6 Å². The summed E-state index contributed by atoms with van der Waals surface area (Å²) in [6.07, 6.45) is 0. The molecule has 0 aliphatic carbocycles. The zero-order valence-electron chi connectivity index (χ0n) is 10.8. The first-order valence-corrected chi connectivity index (χ1v) is 6.05. The lowest BCUT2D eigenvalue weighted by Crippen LogP contribution is -2.13. The molecule has 0 atom stereocenters. The highest BCUT2D eigenvalue weighted by molar-refractivity contribution is 6.30. The van der Waals surface area contributed by atoms with E-state index in [1.807, 2.05) is 26.8 Å². The van der Waals surface area contributed by atoms with Gasteiger partial charge in [-0.25, -0.2) is 9.37 Å². The molecule has 0 aliphatic heterocycles. The Bertz CT molecular complexity index is 605. The van der Waals surface area contributed by atoms with Crippen LogP contribution in [-0.2, 0) is 5.41 Å². The molecule has 0 amide bonds. The van der Waals surface area contributed by atoms with Crippen LogP contribution in [0.25, 0.3) is 10.9 Å². The zero-order valence-corrected chi connectivity index (χ0v) is 11.6. The van der Waals surface area contributed by atoms with Crippen LogP contribution in [-0.4, -0.2) is 12.1 Å². The topological polar surface area (TPSA) is 22.1 Å². The number of benzene rings is 1. The molecule has 0 bridgehead atoms. The first-order chi connectivity index (χ1) is 8.34. The Morgan fingerprint density at radius 1 is 1.28 bits per heavy atom. The van der Waals surface area contributed by atoms with Gasteiger partial charge in [0.15, 0.2) is 0 Å². The summed E-state index contributed by atoms with van der Waals surface area (Å²) in [6, 6.07) is 4.79. The molecule has 18 heavy (non-hydrogen) atoms. The zero-order chi connectivity index (χ0) is 13.5. The van der Waals surface area contributed by atoms with Crippen molar-refractivity contribution in [1.29, 1.82) is 0 Å². The van der Waals surface area contributed by atoms with E-state index in [0.717, 1.165) is 5.56 Å². The van der Waals surface area contributed by atoms with Gasteiger partial charge in [-0.05, 0) is 29.2 Å². The molecule has 0 unspecified atom stereocenters. The average Bonchev–Trinajstić information content (AvgIpc) is 2.28. The molecule has 0 fully saturated rings. The van der Waals surface area contributed by atoms with Crippen molar-refractivity contribution in [2.45, 2.75) is 26.2 Å². The van der Waals surface area contributed by atoms with Crippen LogP contribution in [0, 0.1) is 5.82 Å². The summed E-state index contributed by atoms with van der Waals surface area (Å²) < 4.78 is 19.0. The number of nitrogens with zero attached hydrogens (tertiary/aromatic N) is 1. The van der Waals surface area contributed by atoms with E-state index in [1.165, 1.54) is 6.07 Å². The average molecular weight is 268 g/mol. The van der Waals surface area contributed by atoms with Crippen molar-refractivity contribution in [3.63, 3.8) is 0 Å². The Hall–Kier alpha value is -1.35. The van der Waals surface area contributed by atoms with Crippen molar-refractivity contribution in [3.8, 4) is 5.75 Å². The Kier molecular flexibility index (Phi) is 3.20. The fourth-order valence-corrected chi connectivity index (χ4v) is 2.30. The lowest BCUT2D eigenvalue weighted by atomic mass is 9.87. The number of halogens is 2. The molecule has 1 aromatic heterocycles. The third-order valence-electron chi connectivity index (χ3n) is 2.88. The molecule has 0 aliphatic rings. The van der Waals surface area contributed by atoms with E-state index in [1.54, 1.807) is 13.2 Å². The van der Waals surface area contributed by atoms with Crippen molar-refractivity contribution in [3.05, 3.63) is 34.7 Å². The number of ether oxygens (including phenoxy) is 1.